The average molecular weight is 199 g/mol. The van der Waals surface area contributed by atoms with E-state index in [0.29, 0.717) is 10.8 Å². The Hall–Kier alpha value is 0.590. The molecule has 1 aromatic rings. The number of nitrogens with one attached hydrogen (secondary N) is 1. The van der Waals surface area contributed by atoms with E-state index in [0.717, 1.165) is 4.90 Å². The number of anilines is 1. The van der Waals surface area contributed by atoms with Crippen molar-refractivity contribution in [2.24, 2.45) is 0 Å². The summed E-state index contributed by atoms with van der Waals surface area (Å²) in [7, 11) is 1.77. The summed E-state index contributed by atoms with van der Waals surface area (Å²) in [6, 6.07) is 1.74. The fraction of sp³-hybridized carbons (Fsp3) is 0.167. The Morgan fingerprint density at radius 3 is 2.73 bits per heavy atom. The second kappa shape index (κ2) is 5.27. The molecule has 11 heavy (non-hydrogen) atoms. The van der Waals surface area contributed by atoms with Gasteiger partial charge in [0.25, 0.3) is 0 Å². The molecule has 0 unspecified atom stereocenters. The zero-order valence-corrected chi connectivity index (χ0v) is 7.08. The molecule has 0 radical (unpaired) electrons. The van der Waals surface area contributed by atoms with Crippen molar-refractivity contribution >= 4 is 59.6 Å². The topological polar surface area (TPSA) is 24.9 Å². The molecular weight excluding hydrogens is 191 g/mol. The van der Waals surface area contributed by atoms with Gasteiger partial charge in [0.2, 0.25) is 0 Å². The minimum atomic E-state index is 0. The first kappa shape index (κ1) is 11.6. The number of rotatable bonds is 1. The average Bonchev–Trinajstić information content (AvgIpc) is 1.95. The molecule has 0 saturated carbocycles. The number of halogens is 1. The van der Waals surface area contributed by atoms with E-state index < -0.39 is 0 Å². The molecule has 0 bridgehead atoms. The number of pyridine rings is 1. The van der Waals surface area contributed by atoms with Crippen molar-refractivity contribution in [1.29, 1.82) is 0 Å². The fourth-order valence-corrected chi connectivity index (χ4v) is 0.987. The molecule has 0 amide bonds. The maximum absolute atomic E-state index is 5.79. The van der Waals surface area contributed by atoms with Crippen LogP contribution in [0, 0.1) is 0 Å². The van der Waals surface area contributed by atoms with Crippen molar-refractivity contribution < 1.29 is 0 Å². The van der Waals surface area contributed by atoms with Crippen LogP contribution in [-0.2, 0) is 0 Å². The number of hydrogen-bond acceptors (Lipinski definition) is 3. The van der Waals surface area contributed by atoms with Crippen LogP contribution in [0.15, 0.2) is 17.2 Å². The van der Waals surface area contributed by atoms with Gasteiger partial charge in [-0.25, -0.2) is 4.98 Å². The van der Waals surface area contributed by atoms with Gasteiger partial charge < -0.3 is 5.32 Å². The predicted octanol–water partition coefficient (Wildman–Crippen LogP) is 1.42. The minimum absolute atomic E-state index is 0. The Kier molecular flexibility index (Phi) is 5.56. The molecule has 1 heterocycles. The van der Waals surface area contributed by atoms with Gasteiger partial charge in [-0.2, -0.15) is 0 Å². The summed E-state index contributed by atoms with van der Waals surface area (Å²) in [4.78, 5) is 4.70. The van der Waals surface area contributed by atoms with Crippen molar-refractivity contribution in [1.82, 2.24) is 4.98 Å². The third-order valence-corrected chi connectivity index (χ3v) is 1.99. The number of aromatic nitrogens is 1. The van der Waals surface area contributed by atoms with Gasteiger partial charge in [-0.3, -0.25) is 0 Å². The summed E-state index contributed by atoms with van der Waals surface area (Å²) in [5.41, 5.74) is 0. The Morgan fingerprint density at radius 1 is 1.64 bits per heavy atom. The summed E-state index contributed by atoms with van der Waals surface area (Å²) >= 11 is 9.90. The Morgan fingerprint density at radius 2 is 2.27 bits per heavy atom. The van der Waals surface area contributed by atoms with Gasteiger partial charge in [0.15, 0.2) is 0 Å². The van der Waals surface area contributed by atoms with Crippen LogP contribution in [0.5, 0.6) is 0 Å². The van der Waals surface area contributed by atoms with Crippen LogP contribution < -0.4 is 5.32 Å². The Bertz CT molecular complexity index is 244. The molecule has 1 aromatic heterocycles. The first-order valence-electron chi connectivity index (χ1n) is 2.77. The van der Waals surface area contributed by atoms with Crippen LogP contribution in [0.25, 0.3) is 0 Å². The monoisotopic (exact) mass is 198 g/mol. The second-order valence-electron chi connectivity index (χ2n) is 1.74. The van der Waals surface area contributed by atoms with Crippen LogP contribution in [0.2, 0.25) is 5.02 Å². The van der Waals surface area contributed by atoms with Crippen molar-refractivity contribution in [3.8, 4) is 0 Å². The zero-order valence-electron chi connectivity index (χ0n) is 5.43. The van der Waals surface area contributed by atoms with Gasteiger partial charge in [-0.15, -0.1) is 12.6 Å². The molecule has 2 nitrogen and oxygen atoms in total. The van der Waals surface area contributed by atoms with E-state index in [4.69, 9.17) is 11.6 Å². The molecule has 0 aliphatic carbocycles. The molecule has 0 aliphatic rings. The van der Waals surface area contributed by atoms with Crippen molar-refractivity contribution in [2.75, 3.05) is 12.4 Å². The number of nitrogens with zero attached hydrogens (tertiary/aromatic N) is 1. The van der Waals surface area contributed by atoms with Gasteiger partial charge in [0.1, 0.15) is 5.82 Å². The summed E-state index contributed by atoms with van der Waals surface area (Å²) in [6.45, 7) is 0. The number of thiol groups is 1. The van der Waals surface area contributed by atoms with E-state index >= 15 is 0 Å². The van der Waals surface area contributed by atoms with E-state index in [1.807, 2.05) is 0 Å². The van der Waals surface area contributed by atoms with Gasteiger partial charge in [-0.05, 0) is 6.07 Å². The molecule has 56 valence electrons. The van der Waals surface area contributed by atoms with E-state index in [2.05, 4.69) is 22.9 Å². The van der Waals surface area contributed by atoms with E-state index in [-0.39, 0.29) is 29.6 Å². The Labute approximate surface area is 98.4 Å². The molecule has 0 aromatic carbocycles. The molecule has 0 spiro atoms. The molecular formula is C6H8ClN2NaS. The Balaban J connectivity index is 0.000001000. The normalized spacial score (nSPS) is 8.64. The van der Waals surface area contributed by atoms with E-state index in [1.54, 1.807) is 19.3 Å². The van der Waals surface area contributed by atoms with Crippen LogP contribution in [0.1, 0.15) is 0 Å². The molecule has 0 fully saturated rings. The molecule has 1 rings (SSSR count). The van der Waals surface area contributed by atoms with E-state index in [1.165, 1.54) is 0 Å². The third-order valence-electron chi connectivity index (χ3n) is 1.11. The predicted molar refractivity (Wildman–Crippen MR) is 53.2 cm³/mol. The number of hydrogen-bond donors (Lipinski definition) is 2. The molecule has 0 aliphatic heterocycles. The van der Waals surface area contributed by atoms with Crippen LogP contribution in [0.4, 0.5) is 5.82 Å². The van der Waals surface area contributed by atoms with Crippen molar-refractivity contribution in [3.05, 3.63) is 17.3 Å². The van der Waals surface area contributed by atoms with Crippen LogP contribution in [-0.4, -0.2) is 41.6 Å². The molecule has 0 saturated heterocycles. The SMILES string of the molecule is CNc1nccc(S)c1Cl.[NaH]. The third kappa shape index (κ3) is 2.84. The summed E-state index contributed by atoms with van der Waals surface area (Å²) in [5, 5.41) is 3.41. The van der Waals surface area contributed by atoms with E-state index in [9.17, 15) is 0 Å². The van der Waals surface area contributed by atoms with Crippen molar-refractivity contribution in [3.63, 3.8) is 0 Å². The quantitative estimate of drug-likeness (QED) is 0.527. The van der Waals surface area contributed by atoms with Gasteiger partial charge in [0.05, 0.1) is 5.02 Å². The van der Waals surface area contributed by atoms with Crippen molar-refractivity contribution in [2.45, 2.75) is 4.90 Å². The standard InChI is InChI=1S/C6H7ClN2S.Na.H/c1-8-6-5(7)4(10)2-3-9-6;;/h2-3H,1H3,(H2,8,9,10);;. The first-order valence-corrected chi connectivity index (χ1v) is 3.59. The van der Waals surface area contributed by atoms with Crippen LogP contribution in [0.3, 0.4) is 0 Å². The van der Waals surface area contributed by atoms with Crippen LogP contribution >= 0.6 is 24.2 Å². The molecule has 0 atom stereocenters. The molecule has 1 N–H and O–H groups in total. The maximum atomic E-state index is 5.79. The zero-order chi connectivity index (χ0) is 7.56. The van der Waals surface area contributed by atoms with Gasteiger partial charge in [0, 0.05) is 18.1 Å². The van der Waals surface area contributed by atoms with Gasteiger partial charge >= 0.3 is 29.6 Å². The van der Waals surface area contributed by atoms with Gasteiger partial charge in [-0.1, -0.05) is 11.6 Å². The second-order valence-corrected chi connectivity index (χ2v) is 2.60. The fourth-order valence-electron chi connectivity index (χ4n) is 0.608. The summed E-state index contributed by atoms with van der Waals surface area (Å²) in [6.07, 6.45) is 1.65. The first-order chi connectivity index (χ1) is 4.75. The summed E-state index contributed by atoms with van der Waals surface area (Å²) in [5.74, 6) is 0.661. The summed E-state index contributed by atoms with van der Waals surface area (Å²) < 4.78 is 0. The molecule has 5 heteroatoms.